The second kappa shape index (κ2) is 19.5. The number of rotatable bonds is 12. The molecule has 1 saturated heterocycles. The third-order valence-corrected chi connectivity index (χ3v) is 6.28. The Morgan fingerprint density at radius 1 is 0.814 bits per heavy atom. The van der Waals surface area contributed by atoms with E-state index in [0.717, 1.165) is 26.1 Å². The average molecular weight is 619 g/mol. The van der Waals surface area contributed by atoms with Crippen LogP contribution in [0.3, 0.4) is 0 Å². The number of esters is 1. The molecule has 0 aromatic heterocycles. The summed E-state index contributed by atoms with van der Waals surface area (Å²) < 4.78 is 5.78. The van der Waals surface area contributed by atoms with Gasteiger partial charge in [-0.1, -0.05) is 25.1 Å². The molecule has 2 rings (SSSR count). The van der Waals surface area contributed by atoms with E-state index in [1.54, 1.807) is 0 Å². The van der Waals surface area contributed by atoms with Crippen LogP contribution < -0.4 is 0 Å². The number of hydrogen-bond acceptors (Lipinski definition) is 12. The monoisotopic (exact) mass is 618 g/mol. The van der Waals surface area contributed by atoms with Crippen LogP contribution >= 0.6 is 0 Å². The van der Waals surface area contributed by atoms with Crippen LogP contribution in [0.25, 0.3) is 0 Å². The highest BCUT2D eigenvalue weighted by atomic mass is 16.5. The zero-order chi connectivity index (χ0) is 33.4. The summed E-state index contributed by atoms with van der Waals surface area (Å²) in [6.07, 6.45) is -6.95. The minimum absolute atomic E-state index is 0.0165. The summed E-state index contributed by atoms with van der Waals surface area (Å²) in [5.41, 5.74) is 0.640. The smallest absolute Gasteiger partial charge is 0.338 e. The standard InChI is InChI=1S/C19H30N2O2.2C4H6O6/c1-15-14-21(12-8-11-20(3)4)16(2)13-18(15)23-19(22)17-9-6-5-7-10-17;2*5-1(3(7)8)2(6)4(9)10/h5-7,9-10,15-16,18H,8,11-14H2,1-4H3;2*1-2,5-6H,(H,7,8)(H,9,10)/t;2*1-,2-/m.11/s1. The first-order chi connectivity index (χ1) is 19.9. The van der Waals surface area contributed by atoms with Crippen molar-refractivity contribution in [3.05, 3.63) is 35.9 Å². The van der Waals surface area contributed by atoms with Crippen LogP contribution in [0.4, 0.5) is 0 Å². The number of carbonyl (C=O) groups is 5. The van der Waals surface area contributed by atoms with Gasteiger partial charge >= 0.3 is 29.8 Å². The fraction of sp³-hybridized carbons (Fsp3) is 0.593. The molecule has 0 aliphatic carbocycles. The molecule has 16 heteroatoms. The summed E-state index contributed by atoms with van der Waals surface area (Å²) in [5, 5.41) is 65.1. The maximum Gasteiger partial charge on any atom is 0.338 e. The molecule has 0 amide bonds. The van der Waals surface area contributed by atoms with Crippen LogP contribution in [0.2, 0.25) is 0 Å². The van der Waals surface area contributed by atoms with Crippen molar-refractivity contribution >= 4 is 29.8 Å². The van der Waals surface area contributed by atoms with Crippen molar-refractivity contribution in [1.82, 2.24) is 9.80 Å². The average Bonchev–Trinajstić information content (AvgIpc) is 2.94. The maximum atomic E-state index is 12.3. The Balaban J connectivity index is 0.000000733. The summed E-state index contributed by atoms with van der Waals surface area (Å²) in [7, 11) is 4.22. The van der Waals surface area contributed by atoms with E-state index in [9.17, 15) is 24.0 Å². The molecule has 8 N–H and O–H groups in total. The van der Waals surface area contributed by atoms with Crippen molar-refractivity contribution in [2.24, 2.45) is 5.92 Å². The van der Waals surface area contributed by atoms with E-state index >= 15 is 0 Å². The highest BCUT2D eigenvalue weighted by molar-refractivity contribution is 5.89. The normalized spacial score (nSPS) is 21.0. The number of aliphatic hydroxyl groups excluding tert-OH is 4. The lowest BCUT2D eigenvalue weighted by molar-refractivity contribution is -0.165. The van der Waals surface area contributed by atoms with Gasteiger partial charge in [0.2, 0.25) is 0 Å². The van der Waals surface area contributed by atoms with Gasteiger partial charge < -0.3 is 55.4 Å². The number of carboxylic acids is 4. The van der Waals surface area contributed by atoms with Gasteiger partial charge in [-0.3, -0.25) is 0 Å². The van der Waals surface area contributed by atoms with Gasteiger partial charge in [-0.15, -0.1) is 0 Å². The number of aliphatic carboxylic acids is 4. The van der Waals surface area contributed by atoms with E-state index < -0.39 is 48.3 Å². The molecule has 1 aromatic carbocycles. The first kappa shape index (κ1) is 39.3. The number of benzene rings is 1. The van der Waals surface area contributed by atoms with E-state index in [4.69, 9.17) is 45.6 Å². The van der Waals surface area contributed by atoms with E-state index in [1.165, 1.54) is 6.42 Å². The van der Waals surface area contributed by atoms with Gasteiger partial charge in [0.15, 0.2) is 24.4 Å². The Bertz CT molecular complexity index is 966. The lowest BCUT2D eigenvalue weighted by atomic mass is 9.91. The second-order valence-electron chi connectivity index (χ2n) is 10.2. The molecule has 1 heterocycles. The SMILES string of the molecule is CC1CN(CCCN(C)C)C(C)CC1OC(=O)c1ccccc1.O=C(O)[C@H](O)[C@@H](O)C(=O)O.O=C(O)[C@H](O)[C@@H](O)C(=O)O. The van der Waals surface area contributed by atoms with Crippen LogP contribution in [-0.4, -0.2) is 151 Å². The summed E-state index contributed by atoms with van der Waals surface area (Å²) in [6, 6.07) is 9.74. The number of hydrogen-bond donors (Lipinski definition) is 8. The number of likely N-dealkylation sites (tertiary alicyclic amines) is 1. The Hall–Kier alpha value is -3.67. The van der Waals surface area contributed by atoms with E-state index in [2.05, 4.69) is 37.7 Å². The maximum absolute atomic E-state index is 12.3. The predicted octanol–water partition coefficient (Wildman–Crippen LogP) is -1.35. The fourth-order valence-corrected chi connectivity index (χ4v) is 3.77. The van der Waals surface area contributed by atoms with Gasteiger partial charge in [0.1, 0.15) is 6.10 Å². The van der Waals surface area contributed by atoms with Crippen LogP contribution in [0.5, 0.6) is 0 Å². The van der Waals surface area contributed by atoms with Crippen molar-refractivity contribution < 1.29 is 69.6 Å². The van der Waals surface area contributed by atoms with Gasteiger partial charge in [-0.25, -0.2) is 24.0 Å². The van der Waals surface area contributed by atoms with Crippen LogP contribution in [0.1, 0.15) is 37.0 Å². The Kier molecular flexibility index (Phi) is 17.8. The molecule has 1 aromatic rings. The fourth-order valence-electron chi connectivity index (χ4n) is 3.77. The van der Waals surface area contributed by atoms with Gasteiger partial charge in [0.25, 0.3) is 0 Å². The van der Waals surface area contributed by atoms with Crippen molar-refractivity contribution in [2.45, 2.75) is 63.3 Å². The number of aliphatic hydroxyl groups is 4. The number of ether oxygens (including phenoxy) is 1. The zero-order valence-corrected chi connectivity index (χ0v) is 24.4. The van der Waals surface area contributed by atoms with Gasteiger partial charge in [-0.2, -0.15) is 0 Å². The minimum atomic E-state index is -2.27. The highest BCUT2D eigenvalue weighted by Crippen LogP contribution is 2.25. The Morgan fingerprint density at radius 2 is 1.23 bits per heavy atom. The van der Waals surface area contributed by atoms with E-state index in [-0.39, 0.29) is 12.1 Å². The van der Waals surface area contributed by atoms with Crippen molar-refractivity contribution in [2.75, 3.05) is 33.7 Å². The molecule has 0 saturated carbocycles. The lowest BCUT2D eigenvalue weighted by Gasteiger charge is -2.41. The molecule has 244 valence electrons. The van der Waals surface area contributed by atoms with Crippen molar-refractivity contribution in [3.8, 4) is 0 Å². The quantitative estimate of drug-likeness (QED) is 0.126. The zero-order valence-electron chi connectivity index (χ0n) is 24.4. The molecule has 0 spiro atoms. The second-order valence-corrected chi connectivity index (χ2v) is 10.2. The number of piperidine rings is 1. The van der Waals surface area contributed by atoms with E-state index in [1.807, 2.05) is 30.3 Å². The molecule has 0 radical (unpaired) electrons. The van der Waals surface area contributed by atoms with Crippen LogP contribution in [0, 0.1) is 5.92 Å². The van der Waals surface area contributed by atoms with Crippen molar-refractivity contribution in [1.29, 1.82) is 0 Å². The molecular formula is C27H42N2O14. The number of carbonyl (C=O) groups excluding carboxylic acids is 1. The van der Waals surface area contributed by atoms with Gasteiger partial charge in [0, 0.05) is 18.5 Å². The summed E-state index contributed by atoms with van der Waals surface area (Å²) in [4.78, 5) is 56.1. The molecular weight excluding hydrogens is 576 g/mol. The largest absolute Gasteiger partial charge is 0.479 e. The third kappa shape index (κ3) is 14.9. The highest BCUT2D eigenvalue weighted by Gasteiger charge is 2.33. The molecule has 16 nitrogen and oxygen atoms in total. The minimum Gasteiger partial charge on any atom is -0.479 e. The van der Waals surface area contributed by atoms with Gasteiger partial charge in [-0.05, 0) is 59.1 Å². The Morgan fingerprint density at radius 3 is 1.60 bits per heavy atom. The molecule has 3 unspecified atom stereocenters. The molecule has 1 aliphatic rings. The lowest BCUT2D eigenvalue weighted by Crippen LogP contribution is -2.49. The molecule has 0 bridgehead atoms. The number of carboxylic acid groups (broad SMARTS) is 4. The van der Waals surface area contributed by atoms with Crippen LogP contribution in [-0.2, 0) is 23.9 Å². The molecule has 7 atom stereocenters. The topological polar surface area (TPSA) is 263 Å². The van der Waals surface area contributed by atoms with Crippen molar-refractivity contribution in [3.63, 3.8) is 0 Å². The molecule has 43 heavy (non-hydrogen) atoms. The summed E-state index contributed by atoms with van der Waals surface area (Å²) in [6.45, 7) is 7.66. The molecule has 1 fully saturated rings. The molecule has 1 aliphatic heterocycles. The first-order valence-electron chi connectivity index (χ1n) is 13.2. The predicted molar refractivity (Wildman–Crippen MR) is 148 cm³/mol. The van der Waals surface area contributed by atoms with Crippen LogP contribution in [0.15, 0.2) is 30.3 Å². The van der Waals surface area contributed by atoms with E-state index in [0.29, 0.717) is 17.5 Å². The number of nitrogens with zero attached hydrogens (tertiary/aromatic N) is 2. The third-order valence-electron chi connectivity index (χ3n) is 6.28. The Labute approximate surface area is 248 Å². The van der Waals surface area contributed by atoms with Gasteiger partial charge in [0.05, 0.1) is 5.56 Å². The summed E-state index contributed by atoms with van der Waals surface area (Å²) in [5.74, 6) is -6.90. The first-order valence-corrected chi connectivity index (χ1v) is 13.2. The summed E-state index contributed by atoms with van der Waals surface area (Å²) >= 11 is 0.